The molecule has 2 aromatic carbocycles. The number of hydrogen-bond donors (Lipinski definition) is 1. The van der Waals surface area contributed by atoms with Crippen molar-refractivity contribution in [2.24, 2.45) is 5.73 Å². The van der Waals surface area contributed by atoms with Crippen LogP contribution in [0.25, 0.3) is 0 Å². The van der Waals surface area contributed by atoms with Crippen LogP contribution in [0.1, 0.15) is 11.1 Å². The molecule has 1 atom stereocenters. The third-order valence-electron chi connectivity index (χ3n) is 4.59. The predicted octanol–water partition coefficient (Wildman–Crippen LogP) is 2.75. The second kappa shape index (κ2) is 9.65. The number of benzene rings is 2. The number of anilines is 1. The molecule has 0 saturated carbocycles. The summed E-state index contributed by atoms with van der Waals surface area (Å²) in [5.74, 6) is -0.350. The lowest BCUT2D eigenvalue weighted by Gasteiger charge is -2.33. The lowest BCUT2D eigenvalue weighted by Crippen LogP contribution is -2.47. The van der Waals surface area contributed by atoms with Crippen LogP contribution in [0.5, 0.6) is 5.75 Å². The van der Waals surface area contributed by atoms with Gasteiger partial charge in [0.15, 0.2) is 24.0 Å². The Morgan fingerprint density at radius 2 is 1.93 bits per heavy atom. The first-order chi connectivity index (χ1) is 14.0. The van der Waals surface area contributed by atoms with Crippen LogP contribution >= 0.6 is 0 Å². The molecule has 3 rings (SSSR count). The summed E-state index contributed by atoms with van der Waals surface area (Å²) in [6.07, 6.45) is -2.45. The minimum atomic E-state index is -1.44. The maximum absolute atomic E-state index is 14.9. The smallest absolute Gasteiger partial charge is 0.190 e. The molecule has 0 amide bonds. The van der Waals surface area contributed by atoms with Crippen LogP contribution in [0.3, 0.4) is 0 Å². The van der Waals surface area contributed by atoms with Crippen LogP contribution < -0.4 is 15.4 Å². The fourth-order valence-corrected chi connectivity index (χ4v) is 3.08. The molecular weight excluding hydrogens is 380 g/mol. The lowest BCUT2D eigenvalue weighted by atomic mass is 10.1. The fourth-order valence-electron chi connectivity index (χ4n) is 3.08. The van der Waals surface area contributed by atoms with Gasteiger partial charge in [0.25, 0.3) is 0 Å². The number of methoxy groups -OCH3 is 1. The summed E-state index contributed by atoms with van der Waals surface area (Å²) in [5.41, 5.74) is 7.53. The monoisotopic (exact) mass is 403 g/mol. The van der Waals surface area contributed by atoms with Gasteiger partial charge in [-0.2, -0.15) is 5.26 Å². The second-order valence-corrected chi connectivity index (χ2v) is 6.82. The third-order valence-corrected chi connectivity index (χ3v) is 4.59. The van der Waals surface area contributed by atoms with Crippen molar-refractivity contribution in [1.82, 2.24) is 0 Å². The maximum atomic E-state index is 14.9. The molecule has 2 N–H and O–H groups in total. The molecule has 0 spiro atoms. The molecule has 0 aromatic heterocycles. The summed E-state index contributed by atoms with van der Waals surface area (Å²) < 4.78 is 44.7. The summed E-state index contributed by atoms with van der Waals surface area (Å²) >= 11 is 0. The van der Waals surface area contributed by atoms with E-state index in [2.05, 4.69) is 6.07 Å². The molecular formula is C21H23F2N3O3. The molecule has 0 radical (unpaired) electrons. The number of nitrogens with two attached hydrogens (primary N) is 1. The van der Waals surface area contributed by atoms with Crippen molar-refractivity contribution in [2.75, 3.05) is 31.8 Å². The zero-order chi connectivity index (χ0) is 20.8. The van der Waals surface area contributed by atoms with Crippen molar-refractivity contribution < 1.29 is 23.0 Å². The highest BCUT2D eigenvalue weighted by Gasteiger charge is 2.30. The third kappa shape index (κ3) is 5.41. The van der Waals surface area contributed by atoms with E-state index in [9.17, 15) is 8.78 Å². The summed E-state index contributed by atoms with van der Waals surface area (Å²) in [6, 6.07) is 13.1. The van der Waals surface area contributed by atoms with E-state index in [0.29, 0.717) is 16.8 Å². The zero-order valence-electron chi connectivity index (χ0n) is 16.1. The van der Waals surface area contributed by atoms with Gasteiger partial charge in [-0.25, -0.2) is 8.78 Å². The number of nitrogens with zero attached hydrogens (tertiary/aromatic N) is 2. The van der Waals surface area contributed by atoms with Gasteiger partial charge in [-0.3, -0.25) is 0 Å². The fraction of sp³-hybridized carbons (Fsp3) is 0.381. The largest absolute Gasteiger partial charge is 0.494 e. The van der Waals surface area contributed by atoms with Crippen molar-refractivity contribution in [3.05, 3.63) is 59.4 Å². The number of ether oxygens (including phenoxy) is 3. The van der Waals surface area contributed by atoms with E-state index in [0.717, 1.165) is 0 Å². The normalized spacial score (nSPS) is 20.0. The molecule has 8 heteroatoms. The molecule has 1 aliphatic rings. The Balaban J connectivity index is 1.79. The average molecular weight is 403 g/mol. The molecule has 1 saturated heterocycles. The van der Waals surface area contributed by atoms with Crippen molar-refractivity contribution in [3.63, 3.8) is 0 Å². The van der Waals surface area contributed by atoms with Crippen LogP contribution in [0, 0.1) is 17.1 Å². The quantitative estimate of drug-likeness (QED) is 0.766. The van der Waals surface area contributed by atoms with E-state index < -0.39 is 18.3 Å². The van der Waals surface area contributed by atoms with Gasteiger partial charge >= 0.3 is 0 Å². The number of rotatable bonds is 7. The molecule has 1 fully saturated rings. The summed E-state index contributed by atoms with van der Waals surface area (Å²) in [7, 11) is 1.39. The first-order valence-electron chi connectivity index (χ1n) is 9.20. The highest BCUT2D eigenvalue weighted by atomic mass is 19.1. The molecule has 6 nitrogen and oxygen atoms in total. The van der Waals surface area contributed by atoms with E-state index in [1.807, 2.05) is 0 Å². The first kappa shape index (κ1) is 21.0. The summed E-state index contributed by atoms with van der Waals surface area (Å²) in [6.45, 7) is 0.663. The van der Waals surface area contributed by atoms with Gasteiger partial charge in [0.2, 0.25) is 0 Å². The molecule has 2 aromatic rings. The molecule has 1 heterocycles. The molecule has 0 unspecified atom stereocenters. The number of halogens is 2. The molecule has 154 valence electrons. The van der Waals surface area contributed by atoms with Crippen molar-refractivity contribution in [1.29, 1.82) is 5.26 Å². The highest BCUT2D eigenvalue weighted by molar-refractivity contribution is 5.50. The van der Waals surface area contributed by atoms with Crippen molar-refractivity contribution in [2.45, 2.75) is 25.0 Å². The van der Waals surface area contributed by atoms with E-state index >= 15 is 0 Å². The topological polar surface area (TPSA) is 80.7 Å². The summed E-state index contributed by atoms with van der Waals surface area (Å²) in [4.78, 5) is 1.74. The SMILES string of the molecule is COc1ccc(CN(C[C@@H](F)C2OCC(N)CO2)c2ccc(C#N)cc2)cc1F. The van der Waals surface area contributed by atoms with Crippen LogP contribution in [0.2, 0.25) is 0 Å². The Kier molecular flexibility index (Phi) is 6.99. The summed E-state index contributed by atoms with van der Waals surface area (Å²) in [5, 5.41) is 9.00. The molecule has 29 heavy (non-hydrogen) atoms. The second-order valence-electron chi connectivity index (χ2n) is 6.82. The van der Waals surface area contributed by atoms with Gasteiger partial charge in [0.1, 0.15) is 0 Å². The average Bonchev–Trinajstić information content (AvgIpc) is 2.74. The minimum Gasteiger partial charge on any atom is -0.494 e. The van der Waals surface area contributed by atoms with Crippen LogP contribution in [-0.2, 0) is 16.0 Å². The zero-order valence-corrected chi connectivity index (χ0v) is 16.1. The van der Waals surface area contributed by atoms with Gasteiger partial charge in [0.05, 0.1) is 44.5 Å². The van der Waals surface area contributed by atoms with Gasteiger partial charge in [-0.05, 0) is 42.0 Å². The van der Waals surface area contributed by atoms with Crippen molar-refractivity contribution >= 4 is 5.69 Å². The standard InChI is InChI=1S/C21H23F2N3O3/c1-27-20-7-4-15(8-18(20)22)10-26(17-5-2-14(9-24)3-6-17)11-19(23)21-28-12-16(25)13-29-21/h2-8,16,19,21H,10-13,25H2,1H3/t16?,19-,21?/m1/s1. The van der Waals surface area contributed by atoms with Gasteiger partial charge in [-0.15, -0.1) is 0 Å². The Bertz CT molecular complexity index is 849. The van der Waals surface area contributed by atoms with E-state index in [4.69, 9.17) is 25.2 Å². The first-order valence-corrected chi connectivity index (χ1v) is 9.20. The van der Waals surface area contributed by atoms with E-state index in [1.54, 1.807) is 35.2 Å². The molecule has 0 aliphatic carbocycles. The Morgan fingerprint density at radius 3 is 2.52 bits per heavy atom. The number of alkyl halides is 1. The number of hydrogen-bond acceptors (Lipinski definition) is 6. The van der Waals surface area contributed by atoms with Gasteiger partial charge in [-0.1, -0.05) is 6.07 Å². The van der Waals surface area contributed by atoms with Crippen molar-refractivity contribution in [3.8, 4) is 11.8 Å². The van der Waals surface area contributed by atoms with Crippen LogP contribution in [0.4, 0.5) is 14.5 Å². The lowest BCUT2D eigenvalue weighted by molar-refractivity contribution is -0.211. The maximum Gasteiger partial charge on any atom is 0.190 e. The Morgan fingerprint density at radius 1 is 1.24 bits per heavy atom. The van der Waals surface area contributed by atoms with E-state index in [-0.39, 0.29) is 38.1 Å². The Labute approximate surface area is 168 Å². The van der Waals surface area contributed by atoms with Gasteiger partial charge < -0.3 is 24.8 Å². The van der Waals surface area contributed by atoms with Gasteiger partial charge in [0, 0.05) is 12.2 Å². The molecule has 1 aliphatic heterocycles. The van der Waals surface area contributed by atoms with E-state index in [1.165, 1.54) is 19.2 Å². The van der Waals surface area contributed by atoms with Crippen LogP contribution in [-0.4, -0.2) is 45.4 Å². The van der Waals surface area contributed by atoms with Crippen LogP contribution in [0.15, 0.2) is 42.5 Å². The minimum absolute atomic E-state index is 0.0422. The predicted molar refractivity (Wildman–Crippen MR) is 104 cm³/mol. The Hall–Kier alpha value is -2.73. The number of nitriles is 1. The highest BCUT2D eigenvalue weighted by Crippen LogP contribution is 2.24. The molecule has 0 bridgehead atoms.